The zero-order chi connectivity index (χ0) is 17.3. The Morgan fingerprint density at radius 2 is 2.04 bits per heavy atom. The second-order valence-corrected chi connectivity index (χ2v) is 8.52. The summed E-state index contributed by atoms with van der Waals surface area (Å²) in [7, 11) is -3.59. The molecule has 2 heterocycles. The summed E-state index contributed by atoms with van der Waals surface area (Å²) in [6.07, 6.45) is 1.39. The van der Waals surface area contributed by atoms with Crippen LogP contribution in [0.5, 0.6) is 0 Å². The lowest BCUT2D eigenvalue weighted by molar-refractivity contribution is 0.00997. The number of ether oxygens (including phenoxy) is 1. The maximum absolute atomic E-state index is 13.0. The highest BCUT2D eigenvalue weighted by atomic mass is 32.2. The van der Waals surface area contributed by atoms with Crippen LogP contribution in [0.15, 0.2) is 40.4 Å². The third-order valence-electron chi connectivity index (χ3n) is 3.89. The first-order valence-electron chi connectivity index (χ1n) is 7.86. The molecule has 1 aromatic heterocycles. The van der Waals surface area contributed by atoms with Crippen LogP contribution in [0.25, 0.3) is 0 Å². The van der Waals surface area contributed by atoms with E-state index in [4.69, 9.17) is 4.74 Å². The second kappa shape index (κ2) is 6.78. The van der Waals surface area contributed by atoms with Crippen molar-refractivity contribution in [2.24, 2.45) is 0 Å². The van der Waals surface area contributed by atoms with Crippen molar-refractivity contribution in [3.05, 3.63) is 36.0 Å². The summed E-state index contributed by atoms with van der Waals surface area (Å²) in [6, 6.07) is 6.93. The summed E-state index contributed by atoms with van der Waals surface area (Å²) in [6.45, 7) is 6.78. The van der Waals surface area contributed by atoms with Gasteiger partial charge in [0.1, 0.15) is 16.9 Å². The van der Waals surface area contributed by atoms with Gasteiger partial charge in [0, 0.05) is 18.9 Å². The number of thioether (sulfide) groups is 1. The molecule has 0 spiro atoms. The summed E-state index contributed by atoms with van der Waals surface area (Å²) in [5.74, 6) is 0.683. The van der Waals surface area contributed by atoms with Gasteiger partial charge in [0.15, 0.2) is 0 Å². The largest absolute Gasteiger partial charge is 0.357 e. The number of aryl methyl sites for hydroxylation is 1. The number of aromatic nitrogens is 2. The summed E-state index contributed by atoms with van der Waals surface area (Å²) >= 11 is 1.61. The first kappa shape index (κ1) is 17.3. The van der Waals surface area contributed by atoms with E-state index in [1.165, 1.54) is 4.31 Å². The maximum atomic E-state index is 13.0. The van der Waals surface area contributed by atoms with Crippen LogP contribution in [0.1, 0.15) is 25.6 Å². The molecule has 0 aliphatic carbocycles. The molecule has 1 aliphatic rings. The Kier molecular flexibility index (Phi) is 4.89. The number of anilines is 1. The number of hydrogen-bond acceptors (Lipinski definition) is 5. The molecule has 0 saturated carbocycles. The van der Waals surface area contributed by atoms with Crippen LogP contribution in [0.2, 0.25) is 0 Å². The van der Waals surface area contributed by atoms with Gasteiger partial charge in [-0.2, -0.15) is 5.10 Å². The molecule has 24 heavy (non-hydrogen) atoms. The Morgan fingerprint density at radius 3 is 2.71 bits per heavy atom. The van der Waals surface area contributed by atoms with Crippen LogP contribution < -0.4 is 4.31 Å². The van der Waals surface area contributed by atoms with Gasteiger partial charge in [0.2, 0.25) is 0 Å². The highest BCUT2D eigenvalue weighted by molar-refractivity contribution is 8.00. The quantitative estimate of drug-likeness (QED) is 0.813. The van der Waals surface area contributed by atoms with E-state index in [1.54, 1.807) is 34.8 Å². The molecule has 6 nitrogen and oxygen atoms in total. The Labute approximate surface area is 146 Å². The third-order valence-corrected chi connectivity index (χ3v) is 6.78. The average molecular weight is 367 g/mol. The SMILES string of the molecule is CCOC(C)n1ncc2c1SCCN2S(=O)(=O)c1ccc(C)cc1. The summed E-state index contributed by atoms with van der Waals surface area (Å²) in [5, 5.41) is 5.18. The van der Waals surface area contributed by atoms with E-state index in [0.29, 0.717) is 29.5 Å². The molecule has 2 aromatic rings. The molecule has 1 aliphatic heterocycles. The van der Waals surface area contributed by atoms with Gasteiger partial charge < -0.3 is 4.74 Å². The van der Waals surface area contributed by atoms with Gasteiger partial charge in [-0.3, -0.25) is 4.31 Å². The molecule has 8 heteroatoms. The van der Waals surface area contributed by atoms with Gasteiger partial charge in [0.05, 0.1) is 11.1 Å². The van der Waals surface area contributed by atoms with Gasteiger partial charge in [-0.15, -0.1) is 11.8 Å². The summed E-state index contributed by atoms with van der Waals surface area (Å²) in [5.41, 5.74) is 1.65. The van der Waals surface area contributed by atoms with E-state index in [0.717, 1.165) is 10.6 Å². The average Bonchev–Trinajstić information content (AvgIpc) is 2.99. The standard InChI is InChI=1S/C16H21N3O3S2/c1-4-22-13(3)19-16-15(11-17-19)18(9-10-23-16)24(20,21)14-7-5-12(2)6-8-14/h5-8,11,13H,4,9-10H2,1-3H3. The number of hydrogen-bond donors (Lipinski definition) is 0. The van der Waals surface area contributed by atoms with Crippen molar-refractivity contribution in [3.8, 4) is 0 Å². The van der Waals surface area contributed by atoms with Crippen molar-refractivity contribution in [2.45, 2.75) is 36.9 Å². The molecule has 0 fully saturated rings. The van der Waals surface area contributed by atoms with Gasteiger partial charge >= 0.3 is 0 Å². The van der Waals surface area contributed by atoms with Crippen LogP contribution in [-0.4, -0.2) is 37.1 Å². The zero-order valence-electron chi connectivity index (χ0n) is 14.0. The normalized spacial score (nSPS) is 16.0. The fourth-order valence-corrected chi connectivity index (χ4v) is 5.39. The molecule has 130 valence electrons. The summed E-state index contributed by atoms with van der Waals surface area (Å²) in [4.78, 5) is 0.302. The molecule has 1 atom stereocenters. The topological polar surface area (TPSA) is 64.4 Å². The third kappa shape index (κ3) is 3.05. The molecule has 0 saturated heterocycles. The van der Waals surface area contributed by atoms with Crippen LogP contribution in [0, 0.1) is 6.92 Å². The number of sulfonamides is 1. The molecule has 0 N–H and O–H groups in total. The summed E-state index contributed by atoms with van der Waals surface area (Å²) < 4.78 is 34.8. The predicted molar refractivity (Wildman–Crippen MR) is 95.0 cm³/mol. The van der Waals surface area contributed by atoms with Crippen molar-refractivity contribution >= 4 is 27.5 Å². The Hall–Kier alpha value is -1.51. The molecular weight excluding hydrogens is 346 g/mol. The minimum absolute atomic E-state index is 0.228. The van der Waals surface area contributed by atoms with Crippen molar-refractivity contribution in [3.63, 3.8) is 0 Å². The predicted octanol–water partition coefficient (Wildman–Crippen LogP) is 3.05. The van der Waals surface area contributed by atoms with E-state index in [9.17, 15) is 8.42 Å². The van der Waals surface area contributed by atoms with E-state index >= 15 is 0 Å². The van der Waals surface area contributed by atoms with Crippen molar-refractivity contribution in [1.29, 1.82) is 0 Å². The Balaban J connectivity index is 1.99. The smallest absolute Gasteiger partial charge is 0.264 e. The fraction of sp³-hybridized carbons (Fsp3) is 0.438. The van der Waals surface area contributed by atoms with Crippen LogP contribution in [0.3, 0.4) is 0 Å². The lowest BCUT2D eigenvalue weighted by Gasteiger charge is -2.28. The van der Waals surface area contributed by atoms with Gasteiger partial charge in [0.25, 0.3) is 10.0 Å². The second-order valence-electron chi connectivity index (χ2n) is 5.57. The number of benzene rings is 1. The number of nitrogens with zero attached hydrogens (tertiary/aromatic N) is 3. The minimum Gasteiger partial charge on any atom is -0.357 e. The molecule has 3 rings (SSSR count). The Bertz CT molecular complexity index is 816. The van der Waals surface area contributed by atoms with E-state index in [2.05, 4.69) is 5.10 Å². The first-order chi connectivity index (χ1) is 11.4. The lowest BCUT2D eigenvalue weighted by atomic mass is 10.2. The van der Waals surface area contributed by atoms with Crippen molar-refractivity contribution in [2.75, 3.05) is 23.2 Å². The van der Waals surface area contributed by atoms with Crippen molar-refractivity contribution < 1.29 is 13.2 Å². The molecule has 1 aromatic carbocycles. The molecule has 0 bridgehead atoms. The zero-order valence-corrected chi connectivity index (χ0v) is 15.6. The molecule has 0 amide bonds. The van der Waals surface area contributed by atoms with E-state index in [-0.39, 0.29) is 6.23 Å². The number of rotatable bonds is 5. The van der Waals surface area contributed by atoms with Gasteiger partial charge in [-0.1, -0.05) is 17.7 Å². The van der Waals surface area contributed by atoms with Gasteiger partial charge in [-0.05, 0) is 32.9 Å². The van der Waals surface area contributed by atoms with Crippen LogP contribution >= 0.6 is 11.8 Å². The van der Waals surface area contributed by atoms with Crippen LogP contribution in [0.4, 0.5) is 5.69 Å². The van der Waals surface area contributed by atoms with E-state index in [1.807, 2.05) is 32.9 Å². The molecule has 1 unspecified atom stereocenters. The first-order valence-corrected chi connectivity index (χ1v) is 10.3. The van der Waals surface area contributed by atoms with Gasteiger partial charge in [-0.25, -0.2) is 13.1 Å². The molecular formula is C16H21N3O3S2. The monoisotopic (exact) mass is 367 g/mol. The number of fused-ring (bicyclic) bond motifs is 1. The minimum atomic E-state index is -3.59. The van der Waals surface area contributed by atoms with Crippen LogP contribution in [-0.2, 0) is 14.8 Å². The fourth-order valence-electron chi connectivity index (χ4n) is 2.66. The molecule has 0 radical (unpaired) electrons. The lowest BCUT2D eigenvalue weighted by Crippen LogP contribution is -2.35. The Morgan fingerprint density at radius 1 is 1.33 bits per heavy atom. The maximum Gasteiger partial charge on any atom is 0.264 e. The van der Waals surface area contributed by atoms with E-state index < -0.39 is 10.0 Å². The highest BCUT2D eigenvalue weighted by Gasteiger charge is 2.32. The highest BCUT2D eigenvalue weighted by Crippen LogP contribution is 2.39. The van der Waals surface area contributed by atoms with Crippen molar-refractivity contribution in [1.82, 2.24) is 9.78 Å².